The third kappa shape index (κ3) is 7.04. The molecule has 2 aliphatic heterocycles. The van der Waals surface area contributed by atoms with Crippen molar-refractivity contribution in [2.45, 2.75) is 50.9 Å². The maximum Gasteiger partial charge on any atom is 0.490 e. The summed E-state index contributed by atoms with van der Waals surface area (Å²) in [7, 11) is 0. The van der Waals surface area contributed by atoms with Crippen molar-refractivity contribution in [3.8, 4) is 0 Å². The summed E-state index contributed by atoms with van der Waals surface area (Å²) in [5.74, 6) is -2.22. The fourth-order valence-electron chi connectivity index (χ4n) is 4.52. The number of morpholine rings is 1. The van der Waals surface area contributed by atoms with Crippen LogP contribution in [0, 0.1) is 12.8 Å². The van der Waals surface area contributed by atoms with E-state index in [9.17, 15) is 18.0 Å². The summed E-state index contributed by atoms with van der Waals surface area (Å²) in [6.07, 6.45) is 2.96. The van der Waals surface area contributed by atoms with Crippen LogP contribution in [0.3, 0.4) is 0 Å². The van der Waals surface area contributed by atoms with E-state index in [2.05, 4.69) is 53.1 Å². The molecule has 1 aromatic rings. The number of alkyl halides is 3. The molecule has 3 aliphatic rings. The summed E-state index contributed by atoms with van der Waals surface area (Å²) in [6.45, 7) is 7.57. The van der Waals surface area contributed by atoms with Crippen molar-refractivity contribution < 1.29 is 32.6 Å². The molecule has 0 saturated carbocycles. The zero-order valence-electron chi connectivity index (χ0n) is 18.8. The van der Waals surface area contributed by atoms with Gasteiger partial charge in [0.15, 0.2) is 0 Å². The number of hydrogen-bond acceptors (Lipinski definition) is 4. The molecule has 1 aliphatic carbocycles. The number of likely N-dealkylation sites (tertiary alicyclic amines) is 1. The van der Waals surface area contributed by atoms with Gasteiger partial charge in [-0.3, -0.25) is 9.69 Å². The van der Waals surface area contributed by atoms with Crippen molar-refractivity contribution in [3.63, 3.8) is 0 Å². The van der Waals surface area contributed by atoms with Crippen molar-refractivity contribution in [2.75, 3.05) is 32.8 Å². The molecule has 1 N–H and O–H groups in total. The molecular formula is C24H31F3N2O4. The molecule has 1 aromatic carbocycles. The number of rotatable bonds is 3. The van der Waals surface area contributed by atoms with Gasteiger partial charge >= 0.3 is 12.1 Å². The smallest absolute Gasteiger partial charge is 0.475 e. The summed E-state index contributed by atoms with van der Waals surface area (Å²) in [4.78, 5) is 26.1. The molecule has 2 fully saturated rings. The molecule has 33 heavy (non-hydrogen) atoms. The molecule has 0 bridgehead atoms. The highest BCUT2D eigenvalue weighted by Gasteiger charge is 2.41. The van der Waals surface area contributed by atoms with Crippen LogP contribution in [0.5, 0.6) is 0 Å². The maximum atomic E-state index is 12.6. The number of aliphatic carboxylic acids is 1. The normalized spacial score (nSPS) is 21.0. The van der Waals surface area contributed by atoms with E-state index < -0.39 is 12.1 Å². The number of halogens is 3. The highest BCUT2D eigenvalue weighted by Crippen LogP contribution is 2.32. The van der Waals surface area contributed by atoms with Gasteiger partial charge < -0.3 is 14.7 Å². The number of carboxylic acid groups (broad SMARTS) is 1. The second-order valence-electron chi connectivity index (χ2n) is 9.00. The van der Waals surface area contributed by atoms with Crippen LogP contribution >= 0.6 is 0 Å². The summed E-state index contributed by atoms with van der Waals surface area (Å²) in [5, 5.41) is 7.12. The quantitative estimate of drug-likeness (QED) is 0.684. The molecule has 0 radical (unpaired) electrons. The average molecular weight is 469 g/mol. The Morgan fingerprint density at radius 1 is 1.09 bits per heavy atom. The van der Waals surface area contributed by atoms with Crippen LogP contribution in [0.1, 0.15) is 36.8 Å². The summed E-state index contributed by atoms with van der Waals surface area (Å²) >= 11 is 0. The van der Waals surface area contributed by atoms with Gasteiger partial charge in [0.1, 0.15) is 0 Å². The Kier molecular flexibility index (Phi) is 8.18. The molecule has 9 heteroatoms. The van der Waals surface area contributed by atoms with Crippen molar-refractivity contribution in [2.24, 2.45) is 5.92 Å². The summed E-state index contributed by atoms with van der Waals surface area (Å²) < 4.78 is 38.0. The molecule has 0 unspecified atom stereocenters. The van der Waals surface area contributed by atoms with Crippen LogP contribution in [0.25, 0.3) is 0 Å². The molecule has 6 nitrogen and oxygen atoms in total. The molecule has 182 valence electrons. The van der Waals surface area contributed by atoms with E-state index in [0.29, 0.717) is 5.91 Å². The Bertz CT molecular complexity index is 838. The highest BCUT2D eigenvalue weighted by molar-refractivity contribution is 5.79. The number of carboxylic acids is 1. The third-order valence-electron chi connectivity index (χ3n) is 6.44. The molecule has 2 heterocycles. The predicted molar refractivity (Wildman–Crippen MR) is 117 cm³/mol. The van der Waals surface area contributed by atoms with Gasteiger partial charge in [-0.15, -0.1) is 0 Å². The van der Waals surface area contributed by atoms with E-state index in [1.54, 1.807) is 0 Å². The second kappa shape index (κ2) is 10.7. The summed E-state index contributed by atoms with van der Waals surface area (Å²) in [6, 6.07) is 8.84. The van der Waals surface area contributed by atoms with Crippen LogP contribution in [-0.4, -0.2) is 71.3 Å². The molecule has 4 rings (SSSR count). The first-order valence-electron chi connectivity index (χ1n) is 11.2. The molecule has 0 aromatic heterocycles. The van der Waals surface area contributed by atoms with Gasteiger partial charge in [0.2, 0.25) is 5.91 Å². The first kappa shape index (κ1) is 25.2. The van der Waals surface area contributed by atoms with E-state index >= 15 is 0 Å². The van der Waals surface area contributed by atoms with Gasteiger partial charge in [-0.1, -0.05) is 42.0 Å². The highest BCUT2D eigenvalue weighted by atomic mass is 19.4. The van der Waals surface area contributed by atoms with Crippen LogP contribution in [-0.2, 0) is 20.9 Å². The number of carbonyl (C=O) groups is 2. The minimum absolute atomic E-state index is 0.0619. The van der Waals surface area contributed by atoms with Crippen LogP contribution in [0.4, 0.5) is 13.2 Å². The number of hydrogen-bond donors (Lipinski definition) is 1. The zero-order valence-corrected chi connectivity index (χ0v) is 18.8. The average Bonchev–Trinajstić information content (AvgIpc) is 3.30. The Morgan fingerprint density at radius 2 is 1.67 bits per heavy atom. The first-order valence-corrected chi connectivity index (χ1v) is 11.2. The van der Waals surface area contributed by atoms with Crippen molar-refractivity contribution in [3.05, 3.63) is 47.5 Å². The monoisotopic (exact) mass is 468 g/mol. The van der Waals surface area contributed by atoms with E-state index in [1.165, 1.54) is 11.1 Å². The molecule has 2 saturated heterocycles. The van der Waals surface area contributed by atoms with E-state index in [-0.39, 0.29) is 11.5 Å². The van der Waals surface area contributed by atoms with Gasteiger partial charge in [0.25, 0.3) is 0 Å². The first-order chi connectivity index (χ1) is 15.6. The fraction of sp³-hybridized carbons (Fsp3) is 0.583. The fourth-order valence-corrected chi connectivity index (χ4v) is 4.52. The Balaban J connectivity index is 0.000000383. The number of amides is 1. The van der Waals surface area contributed by atoms with Gasteiger partial charge in [0, 0.05) is 38.6 Å². The topological polar surface area (TPSA) is 70.1 Å². The van der Waals surface area contributed by atoms with Gasteiger partial charge in [0.05, 0.1) is 12.2 Å². The van der Waals surface area contributed by atoms with E-state index in [1.807, 2.05) is 0 Å². The number of benzene rings is 1. The van der Waals surface area contributed by atoms with Crippen LogP contribution in [0.2, 0.25) is 0 Å². The zero-order chi connectivity index (χ0) is 24.1. The lowest BCUT2D eigenvalue weighted by Gasteiger charge is -2.47. The predicted octanol–water partition coefficient (Wildman–Crippen LogP) is 3.79. The maximum absolute atomic E-state index is 12.6. The number of piperidine rings is 1. The Hall–Kier alpha value is -2.39. The number of carbonyl (C=O) groups excluding carboxylic acids is 1. The lowest BCUT2D eigenvalue weighted by atomic mass is 9.88. The molecular weight excluding hydrogens is 437 g/mol. The number of aryl methyl sites for hydroxylation is 1. The van der Waals surface area contributed by atoms with Crippen molar-refractivity contribution in [1.29, 1.82) is 0 Å². The van der Waals surface area contributed by atoms with Crippen molar-refractivity contribution >= 4 is 11.9 Å². The Morgan fingerprint density at radius 3 is 2.21 bits per heavy atom. The minimum Gasteiger partial charge on any atom is -0.475 e. The lowest BCUT2D eigenvalue weighted by Crippen LogP contribution is -2.57. The third-order valence-corrected chi connectivity index (χ3v) is 6.44. The Labute approximate surface area is 192 Å². The van der Waals surface area contributed by atoms with Gasteiger partial charge in [-0.05, 0) is 38.2 Å². The number of ether oxygens (including phenoxy) is 1. The van der Waals surface area contributed by atoms with Gasteiger partial charge in [-0.25, -0.2) is 4.79 Å². The molecule has 1 spiro atoms. The van der Waals surface area contributed by atoms with Crippen LogP contribution in [0.15, 0.2) is 36.4 Å². The van der Waals surface area contributed by atoms with Crippen LogP contribution < -0.4 is 0 Å². The molecule has 0 atom stereocenters. The van der Waals surface area contributed by atoms with Gasteiger partial charge in [-0.2, -0.15) is 13.2 Å². The largest absolute Gasteiger partial charge is 0.490 e. The number of nitrogens with zero attached hydrogens (tertiary/aromatic N) is 2. The summed E-state index contributed by atoms with van der Waals surface area (Å²) in [5.41, 5.74) is 2.61. The minimum atomic E-state index is -5.08. The molecule has 1 amide bonds. The lowest BCUT2D eigenvalue weighted by molar-refractivity contribution is -0.192. The van der Waals surface area contributed by atoms with E-state index in [0.717, 1.165) is 65.0 Å². The second-order valence-corrected chi connectivity index (χ2v) is 9.00. The standard InChI is InChI=1S/C22H30N2O2.C2HF3O2/c1-18-6-8-19(9-7-18)16-23-14-15-26-22(17-23)10-12-24(13-11-22)21(25)20-4-2-3-5-20;3-2(4,5)1(6)7/h2-3,6-9,20H,4-5,10-17H2,1H3;(H,6,7). The number of allylic oxidation sites excluding steroid dienone is 2. The van der Waals surface area contributed by atoms with E-state index in [4.69, 9.17) is 14.6 Å². The van der Waals surface area contributed by atoms with Crippen molar-refractivity contribution in [1.82, 2.24) is 9.80 Å². The SMILES string of the molecule is Cc1ccc(CN2CCOC3(CCN(C(=O)C4CC=CC4)CC3)C2)cc1.O=C(O)C(F)(F)F.